The molecule has 0 N–H and O–H groups in total. The molecule has 2 aromatic rings. The maximum absolute atomic E-state index is 12.5. The van der Waals surface area contributed by atoms with Gasteiger partial charge in [0.2, 0.25) is 0 Å². The van der Waals surface area contributed by atoms with Gasteiger partial charge in [-0.05, 0) is 63.1 Å². The van der Waals surface area contributed by atoms with Gasteiger partial charge in [0.05, 0.1) is 16.4 Å². The summed E-state index contributed by atoms with van der Waals surface area (Å²) >= 11 is 0. The summed E-state index contributed by atoms with van der Waals surface area (Å²) in [4.78, 5) is 1.68. The van der Waals surface area contributed by atoms with Crippen molar-refractivity contribution in [2.75, 3.05) is 17.8 Å². The molecule has 1 aliphatic heterocycles. The molecule has 1 aliphatic carbocycles. The molecule has 0 atom stereocenters. The lowest BCUT2D eigenvalue weighted by atomic mass is 9.97. The highest BCUT2D eigenvalue weighted by Crippen LogP contribution is 2.39. The second-order valence-corrected chi connectivity index (χ2v) is 12.1. The van der Waals surface area contributed by atoms with E-state index in [0.29, 0.717) is 4.90 Å². The summed E-state index contributed by atoms with van der Waals surface area (Å²) in [6, 6.07) is 9.92. The lowest BCUT2D eigenvalue weighted by Crippen LogP contribution is -2.21. The standard InChI is InChI=1S/C22H29O3S2/c1-27(23,24)21-12-8-11-18-19(25-17-9-4-2-5-10-17)13-14-20(22(18)21)26-15-6-3-7-16-26/h8,11-14,17H,2-7,9-10,15-16H2,1H3/q+1. The molecule has 2 aromatic carbocycles. The van der Waals surface area contributed by atoms with Crippen molar-refractivity contribution in [3.05, 3.63) is 30.3 Å². The average Bonchev–Trinajstić information content (AvgIpc) is 2.68. The van der Waals surface area contributed by atoms with E-state index < -0.39 is 9.84 Å². The Labute approximate surface area is 165 Å². The summed E-state index contributed by atoms with van der Waals surface area (Å²) in [7, 11) is -3.15. The predicted octanol–water partition coefficient (Wildman–Crippen LogP) is 5.12. The topological polar surface area (TPSA) is 43.4 Å². The number of hydrogen-bond donors (Lipinski definition) is 0. The van der Waals surface area contributed by atoms with E-state index >= 15 is 0 Å². The quantitative estimate of drug-likeness (QED) is 0.664. The van der Waals surface area contributed by atoms with Crippen LogP contribution in [0.4, 0.5) is 0 Å². The van der Waals surface area contributed by atoms with Crippen LogP contribution >= 0.6 is 0 Å². The Balaban J connectivity index is 1.84. The van der Waals surface area contributed by atoms with Crippen LogP contribution in [0.3, 0.4) is 0 Å². The van der Waals surface area contributed by atoms with Crippen LogP contribution in [0, 0.1) is 0 Å². The van der Waals surface area contributed by atoms with E-state index in [1.54, 1.807) is 6.07 Å². The number of fused-ring (bicyclic) bond motifs is 1. The Hall–Kier alpha value is -1.20. The molecule has 3 nitrogen and oxygen atoms in total. The molecule has 1 saturated heterocycles. The van der Waals surface area contributed by atoms with E-state index in [1.807, 2.05) is 12.1 Å². The van der Waals surface area contributed by atoms with Crippen molar-refractivity contribution in [1.82, 2.24) is 0 Å². The molecule has 4 rings (SSSR count). The van der Waals surface area contributed by atoms with E-state index in [-0.39, 0.29) is 17.0 Å². The third-order valence-electron chi connectivity index (χ3n) is 5.76. The van der Waals surface area contributed by atoms with Crippen LogP contribution in [-0.4, -0.2) is 32.3 Å². The van der Waals surface area contributed by atoms with Gasteiger partial charge in [-0.15, -0.1) is 0 Å². The van der Waals surface area contributed by atoms with Gasteiger partial charge in [-0.3, -0.25) is 0 Å². The zero-order valence-electron chi connectivity index (χ0n) is 16.1. The Kier molecular flexibility index (Phi) is 5.70. The third-order valence-corrected chi connectivity index (χ3v) is 9.43. The van der Waals surface area contributed by atoms with Crippen LogP contribution < -0.4 is 4.74 Å². The molecular weight excluding hydrogens is 376 g/mol. The van der Waals surface area contributed by atoms with Crippen LogP contribution in [0.25, 0.3) is 10.8 Å². The van der Waals surface area contributed by atoms with Crippen LogP contribution in [0.2, 0.25) is 0 Å². The van der Waals surface area contributed by atoms with Crippen molar-refractivity contribution in [2.24, 2.45) is 0 Å². The van der Waals surface area contributed by atoms with Crippen LogP contribution in [0.15, 0.2) is 40.1 Å². The molecule has 146 valence electrons. The van der Waals surface area contributed by atoms with E-state index in [1.165, 1.54) is 61.2 Å². The first-order valence-corrected chi connectivity index (χ1v) is 13.6. The Morgan fingerprint density at radius 2 is 1.63 bits per heavy atom. The summed E-state index contributed by atoms with van der Waals surface area (Å²) in [5, 5.41) is 1.89. The molecule has 27 heavy (non-hydrogen) atoms. The zero-order chi connectivity index (χ0) is 18.9. The largest absolute Gasteiger partial charge is 0.490 e. The van der Waals surface area contributed by atoms with Crippen molar-refractivity contribution in [1.29, 1.82) is 0 Å². The number of hydrogen-bond acceptors (Lipinski definition) is 3. The monoisotopic (exact) mass is 405 g/mol. The highest BCUT2D eigenvalue weighted by Gasteiger charge is 2.30. The third kappa shape index (κ3) is 4.14. The van der Waals surface area contributed by atoms with Crippen LogP contribution in [0.5, 0.6) is 5.75 Å². The summed E-state index contributed by atoms with van der Waals surface area (Å²) in [6.45, 7) is 0. The minimum Gasteiger partial charge on any atom is -0.490 e. The first-order chi connectivity index (χ1) is 13.0. The summed E-state index contributed by atoms with van der Waals surface area (Å²) in [5.74, 6) is 3.21. The normalized spacial score (nSPS) is 20.0. The lowest BCUT2D eigenvalue weighted by Gasteiger charge is -2.24. The molecule has 1 heterocycles. The minimum absolute atomic E-state index is 0.137. The average molecular weight is 406 g/mol. The summed E-state index contributed by atoms with van der Waals surface area (Å²) < 4.78 is 31.5. The van der Waals surface area contributed by atoms with Crippen molar-refractivity contribution in [3.63, 3.8) is 0 Å². The predicted molar refractivity (Wildman–Crippen MR) is 114 cm³/mol. The van der Waals surface area contributed by atoms with Crippen molar-refractivity contribution >= 4 is 31.5 Å². The van der Waals surface area contributed by atoms with Gasteiger partial charge < -0.3 is 4.74 Å². The van der Waals surface area contributed by atoms with Gasteiger partial charge >= 0.3 is 0 Å². The fraction of sp³-hybridized carbons (Fsp3) is 0.545. The second-order valence-electron chi connectivity index (χ2n) is 7.85. The van der Waals surface area contributed by atoms with Gasteiger partial charge in [-0.1, -0.05) is 18.6 Å². The van der Waals surface area contributed by atoms with E-state index in [9.17, 15) is 8.42 Å². The van der Waals surface area contributed by atoms with E-state index in [2.05, 4.69) is 12.1 Å². The number of rotatable bonds is 4. The maximum Gasteiger partial charge on any atom is 0.176 e. The van der Waals surface area contributed by atoms with Crippen molar-refractivity contribution in [3.8, 4) is 5.75 Å². The molecule has 5 heteroatoms. The second kappa shape index (κ2) is 8.04. The maximum atomic E-state index is 12.5. The molecule has 0 unspecified atom stereocenters. The Morgan fingerprint density at radius 3 is 2.33 bits per heavy atom. The fourth-order valence-electron chi connectivity index (χ4n) is 4.38. The van der Waals surface area contributed by atoms with Gasteiger partial charge in [-0.2, -0.15) is 0 Å². The fourth-order valence-corrected chi connectivity index (χ4v) is 7.88. The van der Waals surface area contributed by atoms with Crippen LogP contribution in [0.1, 0.15) is 51.4 Å². The number of benzene rings is 2. The molecule has 2 fully saturated rings. The molecule has 0 amide bonds. The smallest absolute Gasteiger partial charge is 0.176 e. The zero-order valence-corrected chi connectivity index (χ0v) is 17.7. The molecule has 0 radical (unpaired) electrons. The van der Waals surface area contributed by atoms with E-state index in [4.69, 9.17) is 4.74 Å². The highest BCUT2D eigenvalue weighted by molar-refractivity contribution is 7.97. The molecule has 1 saturated carbocycles. The SMILES string of the molecule is CS(=O)(=O)c1cccc2c(OC3CCCCC3)ccc([S+]3CCCCC3)c12. The van der Waals surface area contributed by atoms with Gasteiger partial charge in [0.25, 0.3) is 0 Å². The molecule has 2 aliphatic rings. The van der Waals surface area contributed by atoms with Gasteiger partial charge in [0, 0.05) is 22.5 Å². The molecule has 0 bridgehead atoms. The lowest BCUT2D eigenvalue weighted by molar-refractivity contribution is 0.157. The Bertz CT molecular complexity index is 909. The first kappa shape index (κ1) is 19.1. The minimum atomic E-state index is -3.29. The van der Waals surface area contributed by atoms with Gasteiger partial charge in [0.15, 0.2) is 14.7 Å². The highest BCUT2D eigenvalue weighted by atomic mass is 32.2. The van der Waals surface area contributed by atoms with Crippen LogP contribution in [-0.2, 0) is 20.7 Å². The van der Waals surface area contributed by atoms with Crippen molar-refractivity contribution < 1.29 is 13.2 Å². The molecule has 0 spiro atoms. The summed E-state index contributed by atoms with van der Waals surface area (Å²) in [6.07, 6.45) is 11.3. The number of ether oxygens (including phenoxy) is 1. The van der Waals surface area contributed by atoms with Crippen molar-refractivity contribution in [2.45, 2.75) is 67.3 Å². The Morgan fingerprint density at radius 1 is 0.926 bits per heavy atom. The first-order valence-electron chi connectivity index (χ1n) is 10.1. The van der Waals surface area contributed by atoms with Gasteiger partial charge in [-0.25, -0.2) is 8.42 Å². The van der Waals surface area contributed by atoms with E-state index in [0.717, 1.165) is 29.4 Å². The number of sulfone groups is 1. The molecule has 0 aromatic heterocycles. The van der Waals surface area contributed by atoms with Gasteiger partial charge in [0.1, 0.15) is 17.3 Å². The molecular formula is C22H29O3S2+. The summed E-state index contributed by atoms with van der Waals surface area (Å²) in [5.41, 5.74) is 0.